The molecule has 0 saturated heterocycles. The monoisotopic (exact) mass is 314 g/mol. The van der Waals surface area contributed by atoms with E-state index in [2.05, 4.69) is 55.5 Å². The molecule has 0 aliphatic heterocycles. The van der Waals surface area contributed by atoms with Crippen LogP contribution >= 0.6 is 0 Å². The van der Waals surface area contributed by atoms with Crippen LogP contribution in [0.1, 0.15) is 24.8 Å². The highest BCUT2D eigenvalue weighted by molar-refractivity contribution is 5.63. The Kier molecular flexibility index (Phi) is 6.75. The molecule has 0 amide bonds. The van der Waals surface area contributed by atoms with Gasteiger partial charge in [0.25, 0.3) is 0 Å². The van der Waals surface area contributed by atoms with E-state index < -0.39 is 0 Å². The van der Waals surface area contributed by atoms with Crippen molar-refractivity contribution in [3.8, 4) is 11.1 Å². The SMILES string of the molecule is CC(CCNCCN(C)C)c1ccc(-c2ccc(F)cc2)cc1. The molecule has 23 heavy (non-hydrogen) atoms. The van der Waals surface area contributed by atoms with Gasteiger partial charge in [0.15, 0.2) is 0 Å². The van der Waals surface area contributed by atoms with Crippen LogP contribution in [0.2, 0.25) is 0 Å². The van der Waals surface area contributed by atoms with E-state index >= 15 is 0 Å². The first-order valence-corrected chi connectivity index (χ1v) is 8.27. The lowest BCUT2D eigenvalue weighted by atomic mass is 9.95. The van der Waals surface area contributed by atoms with Crippen LogP contribution in [0, 0.1) is 5.82 Å². The summed E-state index contributed by atoms with van der Waals surface area (Å²) in [5.41, 5.74) is 3.53. The lowest BCUT2D eigenvalue weighted by molar-refractivity contribution is 0.398. The first-order chi connectivity index (χ1) is 11.1. The fraction of sp³-hybridized carbons (Fsp3) is 0.400. The highest BCUT2D eigenvalue weighted by Gasteiger charge is 2.06. The molecule has 3 heteroatoms. The molecular weight excluding hydrogens is 287 g/mol. The molecule has 2 nitrogen and oxygen atoms in total. The number of rotatable bonds is 8. The van der Waals surface area contributed by atoms with E-state index in [1.54, 1.807) is 0 Å². The minimum atomic E-state index is -0.194. The first kappa shape index (κ1) is 17.6. The summed E-state index contributed by atoms with van der Waals surface area (Å²) in [7, 11) is 4.18. The molecule has 1 unspecified atom stereocenters. The third kappa shape index (κ3) is 5.77. The quantitative estimate of drug-likeness (QED) is 0.737. The summed E-state index contributed by atoms with van der Waals surface area (Å²) in [6, 6.07) is 15.3. The van der Waals surface area contributed by atoms with Gasteiger partial charge in [-0.05, 0) is 61.8 Å². The molecule has 2 aromatic carbocycles. The fourth-order valence-electron chi connectivity index (χ4n) is 2.56. The molecule has 124 valence electrons. The van der Waals surface area contributed by atoms with Gasteiger partial charge in [-0.2, -0.15) is 0 Å². The number of halogens is 1. The van der Waals surface area contributed by atoms with Gasteiger partial charge >= 0.3 is 0 Å². The van der Waals surface area contributed by atoms with Gasteiger partial charge in [0, 0.05) is 13.1 Å². The number of likely N-dealkylation sites (N-methyl/N-ethyl adjacent to an activating group) is 1. The van der Waals surface area contributed by atoms with Crippen molar-refractivity contribution in [1.29, 1.82) is 0 Å². The molecule has 0 heterocycles. The maximum Gasteiger partial charge on any atom is 0.123 e. The Labute approximate surface area is 139 Å². The van der Waals surface area contributed by atoms with E-state index in [0.29, 0.717) is 5.92 Å². The van der Waals surface area contributed by atoms with E-state index in [1.807, 2.05) is 12.1 Å². The van der Waals surface area contributed by atoms with Crippen molar-refractivity contribution in [2.45, 2.75) is 19.3 Å². The van der Waals surface area contributed by atoms with Crippen molar-refractivity contribution >= 4 is 0 Å². The highest BCUT2D eigenvalue weighted by Crippen LogP contribution is 2.24. The van der Waals surface area contributed by atoms with Crippen LogP contribution in [-0.2, 0) is 0 Å². The number of nitrogens with one attached hydrogen (secondary N) is 1. The van der Waals surface area contributed by atoms with Crippen LogP contribution in [0.15, 0.2) is 48.5 Å². The van der Waals surface area contributed by atoms with Gasteiger partial charge < -0.3 is 10.2 Å². The highest BCUT2D eigenvalue weighted by atomic mass is 19.1. The number of nitrogens with zero attached hydrogens (tertiary/aromatic N) is 1. The Morgan fingerprint density at radius 1 is 0.913 bits per heavy atom. The standard InChI is InChI=1S/C20H27FN2/c1-16(12-13-22-14-15-23(2)3)17-4-6-18(7-5-17)19-8-10-20(21)11-9-19/h4-11,16,22H,12-15H2,1-3H3. The van der Waals surface area contributed by atoms with E-state index in [4.69, 9.17) is 0 Å². The average Bonchev–Trinajstić information content (AvgIpc) is 2.55. The zero-order valence-electron chi connectivity index (χ0n) is 14.3. The fourth-order valence-corrected chi connectivity index (χ4v) is 2.56. The van der Waals surface area contributed by atoms with Crippen molar-refractivity contribution in [1.82, 2.24) is 10.2 Å². The minimum Gasteiger partial charge on any atom is -0.315 e. The van der Waals surface area contributed by atoms with E-state index in [0.717, 1.165) is 37.2 Å². The average molecular weight is 314 g/mol. The van der Waals surface area contributed by atoms with Crippen molar-refractivity contribution in [3.05, 3.63) is 59.9 Å². The van der Waals surface area contributed by atoms with Crippen LogP contribution in [0.3, 0.4) is 0 Å². The van der Waals surface area contributed by atoms with Crippen molar-refractivity contribution < 1.29 is 4.39 Å². The van der Waals surface area contributed by atoms with Gasteiger partial charge in [-0.25, -0.2) is 4.39 Å². The molecule has 0 spiro atoms. The maximum absolute atomic E-state index is 13.0. The third-order valence-corrected chi connectivity index (χ3v) is 4.15. The lowest BCUT2D eigenvalue weighted by Gasteiger charge is -2.14. The topological polar surface area (TPSA) is 15.3 Å². The summed E-state index contributed by atoms with van der Waals surface area (Å²) in [5, 5.41) is 3.48. The van der Waals surface area contributed by atoms with Gasteiger partial charge in [-0.1, -0.05) is 43.3 Å². The van der Waals surface area contributed by atoms with E-state index in [1.165, 1.54) is 17.7 Å². The van der Waals surface area contributed by atoms with E-state index in [9.17, 15) is 4.39 Å². The summed E-state index contributed by atoms with van der Waals surface area (Å²) in [4.78, 5) is 2.19. The van der Waals surface area contributed by atoms with Crippen molar-refractivity contribution in [3.63, 3.8) is 0 Å². The lowest BCUT2D eigenvalue weighted by Crippen LogP contribution is -2.27. The smallest absolute Gasteiger partial charge is 0.123 e. The largest absolute Gasteiger partial charge is 0.315 e. The van der Waals surface area contributed by atoms with Crippen molar-refractivity contribution in [2.75, 3.05) is 33.7 Å². The summed E-state index contributed by atoms with van der Waals surface area (Å²) < 4.78 is 13.0. The van der Waals surface area contributed by atoms with Crippen LogP contribution in [0.4, 0.5) is 4.39 Å². The minimum absolute atomic E-state index is 0.194. The number of hydrogen-bond acceptors (Lipinski definition) is 2. The number of hydrogen-bond donors (Lipinski definition) is 1. The molecular formula is C20H27FN2. The Bertz CT molecular complexity index is 576. The number of benzene rings is 2. The second kappa shape index (κ2) is 8.80. The van der Waals surface area contributed by atoms with Gasteiger partial charge in [0.2, 0.25) is 0 Å². The zero-order valence-corrected chi connectivity index (χ0v) is 14.3. The van der Waals surface area contributed by atoms with Gasteiger partial charge in [-0.15, -0.1) is 0 Å². The Morgan fingerprint density at radius 3 is 2.04 bits per heavy atom. The van der Waals surface area contributed by atoms with Gasteiger partial charge in [0.1, 0.15) is 5.82 Å². The molecule has 0 aliphatic carbocycles. The summed E-state index contributed by atoms with van der Waals surface area (Å²) in [6.07, 6.45) is 1.13. The summed E-state index contributed by atoms with van der Waals surface area (Å²) >= 11 is 0. The van der Waals surface area contributed by atoms with Crippen molar-refractivity contribution in [2.24, 2.45) is 0 Å². The summed E-state index contributed by atoms with van der Waals surface area (Å²) in [5.74, 6) is 0.338. The van der Waals surface area contributed by atoms with Crippen LogP contribution in [0.25, 0.3) is 11.1 Å². The Balaban J connectivity index is 1.85. The molecule has 1 N–H and O–H groups in total. The normalized spacial score (nSPS) is 12.6. The summed E-state index contributed by atoms with van der Waals surface area (Å²) in [6.45, 7) is 5.40. The predicted molar refractivity (Wildman–Crippen MR) is 96.3 cm³/mol. The molecule has 0 aliphatic rings. The molecule has 0 fully saturated rings. The molecule has 0 bridgehead atoms. The Hall–Kier alpha value is -1.71. The molecule has 0 aromatic heterocycles. The molecule has 2 aromatic rings. The second-order valence-electron chi connectivity index (χ2n) is 6.37. The molecule has 0 radical (unpaired) electrons. The van der Waals surface area contributed by atoms with Gasteiger partial charge in [0.05, 0.1) is 0 Å². The molecule has 0 saturated carbocycles. The van der Waals surface area contributed by atoms with E-state index in [-0.39, 0.29) is 5.82 Å². The van der Waals surface area contributed by atoms with Crippen LogP contribution in [-0.4, -0.2) is 38.6 Å². The zero-order chi connectivity index (χ0) is 16.7. The predicted octanol–water partition coefficient (Wildman–Crippen LogP) is 4.14. The van der Waals surface area contributed by atoms with Gasteiger partial charge in [-0.3, -0.25) is 0 Å². The third-order valence-electron chi connectivity index (χ3n) is 4.15. The Morgan fingerprint density at radius 2 is 1.48 bits per heavy atom. The molecule has 1 atom stereocenters. The molecule has 2 rings (SSSR count). The van der Waals surface area contributed by atoms with Crippen LogP contribution in [0.5, 0.6) is 0 Å². The van der Waals surface area contributed by atoms with Crippen LogP contribution < -0.4 is 5.32 Å². The first-order valence-electron chi connectivity index (χ1n) is 8.27. The second-order valence-corrected chi connectivity index (χ2v) is 6.37. The maximum atomic E-state index is 13.0.